The summed E-state index contributed by atoms with van der Waals surface area (Å²) in [5.74, 6) is 1.25. The summed E-state index contributed by atoms with van der Waals surface area (Å²) in [5.41, 5.74) is 3.15. The minimum absolute atomic E-state index is 0.240. The lowest BCUT2D eigenvalue weighted by molar-refractivity contribution is -0.141. The van der Waals surface area contributed by atoms with Crippen LogP contribution in [-0.4, -0.2) is 55.3 Å². The highest BCUT2D eigenvalue weighted by atomic mass is 16.2. The van der Waals surface area contributed by atoms with E-state index >= 15 is 0 Å². The summed E-state index contributed by atoms with van der Waals surface area (Å²) in [6, 6.07) is 0. The number of hydrogen-bond acceptors (Lipinski definition) is 4. The van der Waals surface area contributed by atoms with E-state index in [9.17, 15) is 4.79 Å². The Hall–Kier alpha value is -2.15. The number of piperidine rings is 1. The van der Waals surface area contributed by atoms with Crippen molar-refractivity contribution in [2.24, 2.45) is 0 Å². The summed E-state index contributed by atoms with van der Waals surface area (Å²) in [6.07, 6.45) is 6.94. The molecule has 4 heterocycles. The van der Waals surface area contributed by atoms with Crippen molar-refractivity contribution in [3.63, 3.8) is 0 Å². The van der Waals surface area contributed by atoms with Crippen molar-refractivity contribution in [1.82, 2.24) is 29.7 Å². The first-order valence-electron chi connectivity index (χ1n) is 9.18. The lowest BCUT2D eigenvalue weighted by Crippen LogP contribution is -2.58. The summed E-state index contributed by atoms with van der Waals surface area (Å²) in [5, 5.41) is 0. The second-order valence-electron chi connectivity index (χ2n) is 7.20. The normalized spacial score (nSPS) is 20.0. The molecule has 1 fully saturated rings. The van der Waals surface area contributed by atoms with Gasteiger partial charge in [-0.05, 0) is 19.8 Å². The molecular formula is C18H26N6O. The molecule has 4 rings (SSSR count). The molecule has 0 atom stereocenters. The second kappa shape index (κ2) is 6.29. The molecule has 0 aromatic carbocycles. The first-order chi connectivity index (χ1) is 12.1. The van der Waals surface area contributed by atoms with Gasteiger partial charge < -0.3 is 14.9 Å². The maximum Gasteiger partial charge on any atom is 0.223 e. The number of carbonyl (C=O) groups excluding carboxylic acids is 1. The number of rotatable bonds is 3. The molecule has 0 unspecified atom stereocenters. The molecule has 2 N–H and O–H groups in total. The molecule has 0 radical (unpaired) electrons. The molecule has 7 heteroatoms. The molecule has 2 aliphatic heterocycles. The molecule has 134 valence electrons. The van der Waals surface area contributed by atoms with Gasteiger partial charge in [-0.15, -0.1) is 0 Å². The SMILES string of the molecule is CCC(=O)N1CCc2[nH]cnc2C12CCN(Cc1ncc(C)[nH]1)CC2. The molecule has 25 heavy (non-hydrogen) atoms. The van der Waals surface area contributed by atoms with Gasteiger partial charge in [0.05, 0.1) is 24.1 Å². The van der Waals surface area contributed by atoms with E-state index < -0.39 is 0 Å². The number of aromatic amines is 2. The Kier molecular flexibility index (Phi) is 4.11. The van der Waals surface area contributed by atoms with Gasteiger partial charge in [0.1, 0.15) is 5.82 Å². The van der Waals surface area contributed by atoms with Crippen LogP contribution in [0.4, 0.5) is 0 Å². The van der Waals surface area contributed by atoms with Crippen molar-refractivity contribution in [3.05, 3.63) is 35.4 Å². The van der Waals surface area contributed by atoms with E-state index in [0.717, 1.165) is 62.7 Å². The van der Waals surface area contributed by atoms with Gasteiger partial charge in [0.25, 0.3) is 0 Å². The predicted molar refractivity (Wildman–Crippen MR) is 93.8 cm³/mol. The van der Waals surface area contributed by atoms with Gasteiger partial charge >= 0.3 is 0 Å². The van der Waals surface area contributed by atoms with Gasteiger partial charge in [0.15, 0.2) is 0 Å². The number of imidazole rings is 2. The van der Waals surface area contributed by atoms with Crippen LogP contribution in [0.3, 0.4) is 0 Å². The van der Waals surface area contributed by atoms with Crippen molar-refractivity contribution < 1.29 is 4.79 Å². The van der Waals surface area contributed by atoms with Crippen LogP contribution >= 0.6 is 0 Å². The van der Waals surface area contributed by atoms with E-state index in [4.69, 9.17) is 0 Å². The highest BCUT2D eigenvalue weighted by molar-refractivity contribution is 5.77. The third-order valence-electron chi connectivity index (χ3n) is 5.68. The van der Waals surface area contributed by atoms with Gasteiger partial charge in [-0.1, -0.05) is 6.92 Å². The second-order valence-corrected chi connectivity index (χ2v) is 7.20. The van der Waals surface area contributed by atoms with Crippen LogP contribution in [-0.2, 0) is 23.3 Å². The number of fused-ring (bicyclic) bond motifs is 2. The smallest absolute Gasteiger partial charge is 0.223 e. The minimum atomic E-state index is -0.240. The molecule has 2 aromatic heterocycles. The number of likely N-dealkylation sites (tertiary alicyclic amines) is 1. The molecule has 1 spiro atoms. The number of nitrogens with one attached hydrogen (secondary N) is 2. The third kappa shape index (κ3) is 2.76. The fourth-order valence-corrected chi connectivity index (χ4v) is 4.38. The van der Waals surface area contributed by atoms with Crippen LogP contribution in [0.5, 0.6) is 0 Å². The molecule has 0 aliphatic carbocycles. The monoisotopic (exact) mass is 342 g/mol. The van der Waals surface area contributed by atoms with Crippen LogP contribution in [0.15, 0.2) is 12.5 Å². The quantitative estimate of drug-likeness (QED) is 0.890. The fourth-order valence-electron chi connectivity index (χ4n) is 4.38. The minimum Gasteiger partial charge on any atom is -0.348 e. The van der Waals surface area contributed by atoms with E-state index in [-0.39, 0.29) is 11.4 Å². The maximum atomic E-state index is 12.6. The summed E-state index contributed by atoms with van der Waals surface area (Å²) in [6.45, 7) is 7.49. The Morgan fingerprint density at radius 3 is 2.76 bits per heavy atom. The molecule has 2 aliphatic rings. The van der Waals surface area contributed by atoms with Crippen molar-refractivity contribution in [1.29, 1.82) is 0 Å². The zero-order valence-corrected chi connectivity index (χ0v) is 15.0. The third-order valence-corrected chi connectivity index (χ3v) is 5.68. The standard InChI is InChI=1S/C18H26N6O/c1-3-16(25)24-7-4-14-17(21-12-20-14)18(24)5-8-23(9-6-18)11-15-19-10-13(2)22-15/h10,12H,3-9,11H2,1-2H3,(H,19,22)(H,20,21). The van der Waals surface area contributed by atoms with Gasteiger partial charge in [0, 0.05) is 50.1 Å². The maximum absolute atomic E-state index is 12.6. The van der Waals surface area contributed by atoms with Crippen molar-refractivity contribution in [2.45, 2.75) is 51.6 Å². The molecular weight excluding hydrogens is 316 g/mol. The lowest BCUT2D eigenvalue weighted by Gasteiger charge is -2.50. The summed E-state index contributed by atoms with van der Waals surface area (Å²) in [4.78, 5) is 32.8. The van der Waals surface area contributed by atoms with E-state index in [1.54, 1.807) is 6.33 Å². The molecule has 0 saturated carbocycles. The van der Waals surface area contributed by atoms with E-state index in [0.29, 0.717) is 6.42 Å². The average Bonchev–Trinajstić information content (AvgIpc) is 3.26. The summed E-state index contributed by atoms with van der Waals surface area (Å²) < 4.78 is 0. The first-order valence-corrected chi connectivity index (χ1v) is 9.18. The summed E-state index contributed by atoms with van der Waals surface area (Å²) >= 11 is 0. The Bertz CT molecular complexity index is 755. The highest BCUT2D eigenvalue weighted by Crippen LogP contribution is 2.42. The molecule has 7 nitrogen and oxygen atoms in total. The van der Waals surface area contributed by atoms with Crippen LogP contribution in [0, 0.1) is 6.92 Å². The Labute approximate surface area is 147 Å². The van der Waals surface area contributed by atoms with Crippen molar-refractivity contribution >= 4 is 5.91 Å². The zero-order valence-electron chi connectivity index (χ0n) is 15.0. The van der Waals surface area contributed by atoms with Crippen molar-refractivity contribution in [3.8, 4) is 0 Å². The Balaban J connectivity index is 1.55. The van der Waals surface area contributed by atoms with Gasteiger partial charge in [-0.3, -0.25) is 9.69 Å². The number of nitrogens with zero attached hydrogens (tertiary/aromatic N) is 4. The number of H-pyrrole nitrogens is 2. The largest absolute Gasteiger partial charge is 0.348 e. The fraction of sp³-hybridized carbons (Fsp3) is 0.611. The number of hydrogen-bond donors (Lipinski definition) is 2. The van der Waals surface area contributed by atoms with Gasteiger partial charge in [-0.25, -0.2) is 9.97 Å². The Morgan fingerprint density at radius 2 is 2.08 bits per heavy atom. The van der Waals surface area contributed by atoms with Crippen LogP contribution in [0.25, 0.3) is 0 Å². The average molecular weight is 342 g/mol. The number of aromatic nitrogens is 4. The van der Waals surface area contributed by atoms with E-state index in [1.807, 2.05) is 20.0 Å². The molecule has 1 amide bonds. The number of aryl methyl sites for hydroxylation is 1. The Morgan fingerprint density at radius 1 is 1.28 bits per heavy atom. The highest BCUT2D eigenvalue weighted by Gasteiger charge is 2.48. The van der Waals surface area contributed by atoms with E-state index in [1.165, 1.54) is 5.69 Å². The lowest BCUT2D eigenvalue weighted by atomic mass is 9.78. The van der Waals surface area contributed by atoms with Crippen molar-refractivity contribution in [2.75, 3.05) is 19.6 Å². The summed E-state index contributed by atoms with van der Waals surface area (Å²) in [7, 11) is 0. The number of amides is 1. The van der Waals surface area contributed by atoms with Crippen LogP contribution < -0.4 is 0 Å². The first kappa shape index (κ1) is 16.3. The number of carbonyl (C=O) groups is 1. The van der Waals surface area contributed by atoms with Crippen LogP contribution in [0.2, 0.25) is 0 Å². The zero-order chi connectivity index (χ0) is 17.4. The molecule has 2 aromatic rings. The molecule has 0 bridgehead atoms. The van der Waals surface area contributed by atoms with Gasteiger partial charge in [-0.2, -0.15) is 0 Å². The topological polar surface area (TPSA) is 80.9 Å². The molecule has 1 saturated heterocycles. The van der Waals surface area contributed by atoms with Gasteiger partial charge in [0.2, 0.25) is 5.91 Å². The van der Waals surface area contributed by atoms with Crippen LogP contribution in [0.1, 0.15) is 49.1 Å². The predicted octanol–water partition coefficient (Wildman–Crippen LogP) is 1.73. The van der Waals surface area contributed by atoms with E-state index in [2.05, 4.69) is 29.7 Å².